The van der Waals surface area contributed by atoms with E-state index in [1.165, 1.54) is 5.56 Å². The standard InChI is InChI=1S/C14H21BrO/c1-12(2)14(10-15)8-9-16-11-13-6-4-3-5-7-13/h3-7,12,14H,8-11H2,1-2H3. The van der Waals surface area contributed by atoms with Gasteiger partial charge in [0.05, 0.1) is 6.61 Å². The molecule has 1 unspecified atom stereocenters. The maximum Gasteiger partial charge on any atom is 0.0716 e. The van der Waals surface area contributed by atoms with Crippen molar-refractivity contribution in [2.24, 2.45) is 11.8 Å². The molecule has 0 aromatic heterocycles. The molecular formula is C14H21BrO. The quantitative estimate of drug-likeness (QED) is 0.537. The number of halogens is 1. The van der Waals surface area contributed by atoms with Crippen LogP contribution in [0.25, 0.3) is 0 Å². The highest BCUT2D eigenvalue weighted by Crippen LogP contribution is 2.17. The SMILES string of the molecule is CC(C)C(CBr)CCOCc1ccccc1. The zero-order valence-electron chi connectivity index (χ0n) is 10.2. The lowest BCUT2D eigenvalue weighted by molar-refractivity contribution is 0.104. The van der Waals surface area contributed by atoms with Gasteiger partial charge in [0.15, 0.2) is 0 Å². The van der Waals surface area contributed by atoms with Gasteiger partial charge in [0, 0.05) is 11.9 Å². The zero-order chi connectivity index (χ0) is 11.8. The van der Waals surface area contributed by atoms with Gasteiger partial charge in [-0.2, -0.15) is 0 Å². The minimum absolute atomic E-state index is 0.718. The first-order valence-corrected chi connectivity index (χ1v) is 7.03. The maximum atomic E-state index is 5.68. The average Bonchev–Trinajstić information content (AvgIpc) is 2.30. The topological polar surface area (TPSA) is 9.23 Å². The Balaban J connectivity index is 2.16. The van der Waals surface area contributed by atoms with Crippen molar-refractivity contribution in [2.45, 2.75) is 26.9 Å². The highest BCUT2D eigenvalue weighted by Gasteiger charge is 2.11. The Morgan fingerprint density at radius 1 is 1.19 bits per heavy atom. The fourth-order valence-corrected chi connectivity index (χ4v) is 2.66. The van der Waals surface area contributed by atoms with Gasteiger partial charge in [-0.1, -0.05) is 60.1 Å². The van der Waals surface area contributed by atoms with Gasteiger partial charge in [-0.25, -0.2) is 0 Å². The van der Waals surface area contributed by atoms with Crippen LogP contribution in [0.3, 0.4) is 0 Å². The Morgan fingerprint density at radius 2 is 1.88 bits per heavy atom. The number of benzene rings is 1. The van der Waals surface area contributed by atoms with E-state index in [0.29, 0.717) is 0 Å². The summed E-state index contributed by atoms with van der Waals surface area (Å²) in [6.07, 6.45) is 1.13. The number of rotatable bonds is 7. The fraction of sp³-hybridized carbons (Fsp3) is 0.571. The number of hydrogen-bond acceptors (Lipinski definition) is 1. The first kappa shape index (κ1) is 13.7. The summed E-state index contributed by atoms with van der Waals surface area (Å²) in [5, 5.41) is 1.07. The Labute approximate surface area is 107 Å². The van der Waals surface area contributed by atoms with E-state index in [9.17, 15) is 0 Å². The van der Waals surface area contributed by atoms with E-state index in [1.807, 2.05) is 18.2 Å². The lowest BCUT2D eigenvalue weighted by Crippen LogP contribution is -2.13. The highest BCUT2D eigenvalue weighted by molar-refractivity contribution is 9.09. The van der Waals surface area contributed by atoms with Gasteiger partial charge >= 0.3 is 0 Å². The summed E-state index contributed by atoms with van der Waals surface area (Å²) in [5.41, 5.74) is 1.25. The Kier molecular flexibility index (Phi) is 6.74. The summed E-state index contributed by atoms with van der Waals surface area (Å²) < 4.78 is 5.68. The van der Waals surface area contributed by atoms with Crippen LogP contribution in [0.5, 0.6) is 0 Å². The van der Waals surface area contributed by atoms with Gasteiger partial charge in [0.25, 0.3) is 0 Å². The van der Waals surface area contributed by atoms with Crippen molar-refractivity contribution in [2.75, 3.05) is 11.9 Å². The molecule has 0 radical (unpaired) electrons. The Morgan fingerprint density at radius 3 is 2.44 bits per heavy atom. The van der Waals surface area contributed by atoms with Gasteiger partial charge in [0.1, 0.15) is 0 Å². The van der Waals surface area contributed by atoms with Crippen LogP contribution in [0.4, 0.5) is 0 Å². The second-order valence-electron chi connectivity index (χ2n) is 4.49. The minimum atomic E-state index is 0.718. The van der Waals surface area contributed by atoms with Crippen molar-refractivity contribution in [3.8, 4) is 0 Å². The Hall–Kier alpha value is -0.340. The molecule has 0 heterocycles. The summed E-state index contributed by atoms with van der Waals surface area (Å²) in [7, 11) is 0. The van der Waals surface area contributed by atoms with E-state index < -0.39 is 0 Å². The summed E-state index contributed by atoms with van der Waals surface area (Å²) in [6.45, 7) is 6.11. The van der Waals surface area contributed by atoms with E-state index in [2.05, 4.69) is 41.9 Å². The molecule has 1 atom stereocenters. The van der Waals surface area contributed by atoms with Gasteiger partial charge < -0.3 is 4.74 Å². The van der Waals surface area contributed by atoms with Crippen LogP contribution in [0.15, 0.2) is 30.3 Å². The van der Waals surface area contributed by atoms with Crippen molar-refractivity contribution in [1.29, 1.82) is 0 Å². The van der Waals surface area contributed by atoms with E-state index in [1.54, 1.807) is 0 Å². The second kappa shape index (κ2) is 7.86. The van der Waals surface area contributed by atoms with Crippen molar-refractivity contribution in [3.05, 3.63) is 35.9 Å². The predicted octanol–water partition coefficient (Wildman–Crippen LogP) is 4.26. The monoisotopic (exact) mass is 284 g/mol. The molecule has 0 bridgehead atoms. The molecule has 2 heteroatoms. The minimum Gasteiger partial charge on any atom is -0.377 e. The number of ether oxygens (including phenoxy) is 1. The summed E-state index contributed by atoms with van der Waals surface area (Å²) in [5.74, 6) is 1.44. The summed E-state index contributed by atoms with van der Waals surface area (Å²) >= 11 is 3.56. The molecule has 0 amide bonds. The molecule has 16 heavy (non-hydrogen) atoms. The average molecular weight is 285 g/mol. The van der Waals surface area contributed by atoms with E-state index in [-0.39, 0.29) is 0 Å². The third-order valence-electron chi connectivity index (χ3n) is 2.89. The Bertz CT molecular complexity index is 271. The van der Waals surface area contributed by atoms with Gasteiger partial charge in [-0.3, -0.25) is 0 Å². The molecule has 0 saturated carbocycles. The molecule has 1 nitrogen and oxygen atoms in total. The van der Waals surface area contributed by atoms with Crippen LogP contribution in [-0.4, -0.2) is 11.9 Å². The van der Waals surface area contributed by atoms with E-state index in [4.69, 9.17) is 4.74 Å². The van der Waals surface area contributed by atoms with Gasteiger partial charge in [-0.15, -0.1) is 0 Å². The molecule has 0 N–H and O–H groups in total. The molecule has 1 rings (SSSR count). The first-order chi connectivity index (χ1) is 7.74. The van der Waals surface area contributed by atoms with Crippen molar-refractivity contribution in [1.82, 2.24) is 0 Å². The molecule has 1 aromatic carbocycles. The molecule has 1 aromatic rings. The fourth-order valence-electron chi connectivity index (χ4n) is 1.59. The lowest BCUT2D eigenvalue weighted by atomic mass is 9.95. The van der Waals surface area contributed by atoms with Crippen LogP contribution in [0, 0.1) is 11.8 Å². The zero-order valence-corrected chi connectivity index (χ0v) is 11.7. The summed E-state index contributed by atoms with van der Waals surface area (Å²) in [4.78, 5) is 0. The molecule has 0 aliphatic heterocycles. The second-order valence-corrected chi connectivity index (χ2v) is 5.13. The lowest BCUT2D eigenvalue weighted by Gasteiger charge is -2.17. The third kappa shape index (κ3) is 5.13. The normalized spacial score (nSPS) is 13.0. The van der Waals surface area contributed by atoms with Crippen LogP contribution < -0.4 is 0 Å². The number of hydrogen-bond donors (Lipinski definition) is 0. The molecule has 0 fully saturated rings. The van der Waals surface area contributed by atoms with Gasteiger partial charge in [-0.05, 0) is 23.8 Å². The molecule has 0 spiro atoms. The van der Waals surface area contributed by atoms with Crippen LogP contribution in [0.2, 0.25) is 0 Å². The molecule has 90 valence electrons. The van der Waals surface area contributed by atoms with Gasteiger partial charge in [0.2, 0.25) is 0 Å². The first-order valence-electron chi connectivity index (χ1n) is 5.91. The predicted molar refractivity (Wildman–Crippen MR) is 72.8 cm³/mol. The van der Waals surface area contributed by atoms with Crippen molar-refractivity contribution in [3.63, 3.8) is 0 Å². The van der Waals surface area contributed by atoms with Crippen molar-refractivity contribution < 1.29 is 4.74 Å². The largest absolute Gasteiger partial charge is 0.377 e. The maximum absolute atomic E-state index is 5.68. The number of alkyl halides is 1. The molecule has 0 saturated heterocycles. The van der Waals surface area contributed by atoms with Crippen LogP contribution in [-0.2, 0) is 11.3 Å². The van der Waals surface area contributed by atoms with Crippen LogP contribution in [0.1, 0.15) is 25.8 Å². The van der Waals surface area contributed by atoms with Crippen LogP contribution >= 0.6 is 15.9 Å². The van der Waals surface area contributed by atoms with Crippen molar-refractivity contribution >= 4 is 15.9 Å². The molecule has 0 aliphatic rings. The molecule has 0 aliphatic carbocycles. The highest BCUT2D eigenvalue weighted by atomic mass is 79.9. The van der Waals surface area contributed by atoms with E-state index >= 15 is 0 Å². The molecular weight excluding hydrogens is 264 g/mol. The smallest absolute Gasteiger partial charge is 0.0716 e. The van der Waals surface area contributed by atoms with E-state index in [0.717, 1.165) is 36.8 Å². The third-order valence-corrected chi connectivity index (χ3v) is 3.72. The summed E-state index contributed by atoms with van der Waals surface area (Å²) in [6, 6.07) is 10.3.